The molecule has 15 aliphatic rings. The van der Waals surface area contributed by atoms with E-state index in [1.165, 1.54) is 19.3 Å². The molecule has 9 heterocycles. The van der Waals surface area contributed by atoms with Gasteiger partial charge in [-0.3, -0.25) is 9.80 Å². The van der Waals surface area contributed by atoms with Crippen molar-refractivity contribution in [2.45, 2.75) is 229 Å². The molecule has 0 aromatic rings. The number of aliphatic hydroxyl groups excluding tert-OH is 1. The van der Waals surface area contributed by atoms with E-state index in [2.05, 4.69) is 72.1 Å². The van der Waals surface area contributed by atoms with Crippen LogP contribution >= 0.6 is 0 Å². The Morgan fingerprint density at radius 1 is 0.397 bits per heavy atom. The van der Waals surface area contributed by atoms with E-state index in [1.54, 1.807) is 0 Å². The van der Waals surface area contributed by atoms with Crippen molar-refractivity contribution in [3.63, 3.8) is 0 Å². The summed E-state index contributed by atoms with van der Waals surface area (Å²) in [5, 5.41) is 10.4. The zero-order chi connectivity index (χ0) is 50.7. The summed E-state index contributed by atoms with van der Waals surface area (Å²) in [5.74, 6) is 4.51. The normalized spacial score (nSPS) is 53.6. The van der Waals surface area contributed by atoms with E-state index in [4.69, 9.17) is 57.7 Å². The molecule has 0 amide bonds. The van der Waals surface area contributed by atoms with Crippen molar-refractivity contribution in [2.24, 2.45) is 71.0 Å². The Morgan fingerprint density at radius 2 is 0.712 bits per heavy atom. The second kappa shape index (κ2) is 20.2. The molecule has 73 heavy (non-hydrogen) atoms. The highest BCUT2D eigenvalue weighted by Crippen LogP contribution is 2.65. The maximum absolute atomic E-state index is 10.4. The number of ether oxygens (including phenoxy) is 6. The Balaban J connectivity index is 0.707. The van der Waals surface area contributed by atoms with Gasteiger partial charge in [-0.15, -0.1) is 0 Å². The van der Waals surface area contributed by atoms with E-state index in [-0.39, 0.29) is 78.3 Å². The molecule has 0 aromatic heterocycles. The minimum atomic E-state index is -0.407. The van der Waals surface area contributed by atoms with Gasteiger partial charge in [0.25, 0.3) is 0 Å². The smallest absolute Gasteiger partial charge is 0.161 e. The molecule has 6 saturated carbocycles. The lowest BCUT2D eigenvalue weighted by molar-refractivity contribution is -0.495. The molecule has 15 heteroatoms. The maximum atomic E-state index is 10.4. The summed E-state index contributed by atoms with van der Waals surface area (Å²) in [7, 11) is 0. The van der Waals surface area contributed by atoms with Gasteiger partial charge in [-0.05, 0) is 133 Å². The Kier molecular flexibility index (Phi) is 14.7. The van der Waals surface area contributed by atoms with Gasteiger partial charge in [0.05, 0.1) is 44.7 Å². The van der Waals surface area contributed by atoms with Crippen LogP contribution in [0.1, 0.15) is 159 Å². The van der Waals surface area contributed by atoms with Crippen LogP contribution < -0.4 is 0 Å². The lowest BCUT2D eigenvalue weighted by Crippen LogP contribution is -2.69. The Bertz CT molecular complexity index is 1850. The second-order valence-corrected chi connectivity index (χ2v) is 27.5. The molecule has 9 aliphatic heterocycles. The third-order valence-electron chi connectivity index (χ3n) is 23.1. The van der Waals surface area contributed by atoms with Crippen molar-refractivity contribution >= 4 is 0 Å². The molecule has 6 bridgehead atoms. The number of hydrogen-bond acceptors (Lipinski definition) is 15. The molecule has 3 spiro atoms. The first-order valence-corrected chi connectivity index (χ1v) is 30.0. The highest BCUT2D eigenvalue weighted by atomic mass is 17.2. The zero-order valence-electron chi connectivity index (χ0n) is 46.3. The van der Waals surface area contributed by atoms with E-state index in [9.17, 15) is 5.11 Å². The van der Waals surface area contributed by atoms with Crippen molar-refractivity contribution in [3.8, 4) is 0 Å². The standard InChI is InChI=1S/C58H96N2O13/c1-35-10-13-44-38(4)50(65-47-32-53(7)19-16-41(35)56(44,47)71-68-53)62-29-25-59(24-28-61)22-23-60(26-30-63-51-39(5)45-14-11-36(2)42-17-20-54(8)33-48(66-51)57(42,45)72-69-54)27-31-64-52-40(6)46-15-12-37(3)43-18-21-55(9)34-49(67-52)58(43,46)73-70-55/h35-52,61H,10-34H2,1-9H3/t35-,36-,37-,38-,39-,40-,41+,42+,43+,44+,45+,46+,47-,48-,49-,50?,51?,52?,53?,54?,55?,56-,57-,58-/m1/s1. The molecule has 0 radical (unpaired) electrons. The van der Waals surface area contributed by atoms with E-state index in [0.29, 0.717) is 86.2 Å². The molecule has 0 aromatic carbocycles. The Morgan fingerprint density at radius 3 is 1.03 bits per heavy atom. The third kappa shape index (κ3) is 8.92. The number of fused-ring (bicyclic) bond motifs is 6. The molecule has 6 unspecified atom stereocenters. The molecule has 416 valence electrons. The fourth-order valence-electron chi connectivity index (χ4n) is 18.8. The largest absolute Gasteiger partial charge is 0.395 e. The summed E-state index contributed by atoms with van der Waals surface area (Å²) in [5.41, 5.74) is -2.22. The van der Waals surface area contributed by atoms with Gasteiger partial charge in [0.2, 0.25) is 0 Å². The van der Waals surface area contributed by atoms with E-state index in [1.807, 2.05) is 0 Å². The van der Waals surface area contributed by atoms with Crippen molar-refractivity contribution < 1.29 is 62.9 Å². The quantitative estimate of drug-likeness (QED) is 0.139. The van der Waals surface area contributed by atoms with Crippen LogP contribution in [0.15, 0.2) is 0 Å². The molecule has 24 atom stereocenters. The molecular formula is C58H96N2O13. The van der Waals surface area contributed by atoms with Gasteiger partial charge in [-0.25, -0.2) is 29.3 Å². The Labute approximate surface area is 437 Å². The molecule has 6 aliphatic carbocycles. The molecule has 15 nitrogen and oxygen atoms in total. The molecule has 15 fully saturated rings. The van der Waals surface area contributed by atoms with E-state index >= 15 is 0 Å². The van der Waals surface area contributed by atoms with Crippen LogP contribution in [0, 0.1) is 71.0 Å². The first-order valence-electron chi connectivity index (χ1n) is 30.0. The number of hydrogen-bond donors (Lipinski definition) is 1. The molecule has 9 saturated heterocycles. The summed E-state index contributed by atoms with van der Waals surface area (Å²) in [6, 6.07) is 0. The Hall–Kier alpha value is -0.600. The van der Waals surface area contributed by atoms with Gasteiger partial charge in [-0.1, -0.05) is 41.5 Å². The summed E-state index contributed by atoms with van der Waals surface area (Å²) in [6.45, 7) is 26.6. The van der Waals surface area contributed by atoms with Crippen molar-refractivity contribution in [1.29, 1.82) is 0 Å². The fraction of sp³-hybridized carbons (Fsp3) is 1.00. The van der Waals surface area contributed by atoms with Crippen molar-refractivity contribution in [3.05, 3.63) is 0 Å². The topological polar surface area (TPSA) is 137 Å². The van der Waals surface area contributed by atoms with Gasteiger partial charge >= 0.3 is 0 Å². The summed E-state index contributed by atoms with van der Waals surface area (Å²) in [4.78, 5) is 43.3. The van der Waals surface area contributed by atoms with Crippen molar-refractivity contribution in [2.75, 3.05) is 65.7 Å². The molecule has 15 rings (SSSR count). The monoisotopic (exact) mass is 1030 g/mol. The summed E-state index contributed by atoms with van der Waals surface area (Å²) >= 11 is 0. The number of rotatable bonds is 17. The van der Waals surface area contributed by atoms with Crippen LogP contribution in [-0.4, -0.2) is 151 Å². The van der Waals surface area contributed by atoms with Crippen molar-refractivity contribution in [1.82, 2.24) is 9.80 Å². The SMILES string of the molecule is C[C@@H]1CC[C@H]2[C@@H](C)C(OCCN(CCO)CCN(CCOC3O[C@@H]4CC5(C)CC[C@H]6[C@H](C)CC[C@@H]([C@H]3C)[C@@]46OO5)CCOC3O[C@@H]4CC5(C)CC[C@H]6[C@H](C)CC[C@@H]([C@H]3C)[C@@]46OO5)O[C@@H]3CC4(C)CC[C@@H]1[C@]32OO4. The third-order valence-corrected chi connectivity index (χ3v) is 23.1. The van der Waals surface area contributed by atoms with Crippen LogP contribution in [0.5, 0.6) is 0 Å². The van der Waals surface area contributed by atoms with Gasteiger partial charge in [0.15, 0.2) is 18.9 Å². The fourth-order valence-corrected chi connectivity index (χ4v) is 18.8. The summed E-state index contributed by atoms with van der Waals surface area (Å²) < 4.78 is 41.7. The van der Waals surface area contributed by atoms with Crippen LogP contribution in [0.25, 0.3) is 0 Å². The van der Waals surface area contributed by atoms with Gasteiger partial charge < -0.3 is 33.5 Å². The van der Waals surface area contributed by atoms with Crippen LogP contribution in [0.4, 0.5) is 0 Å². The van der Waals surface area contributed by atoms with E-state index < -0.39 is 16.8 Å². The summed E-state index contributed by atoms with van der Waals surface area (Å²) in [6.07, 6.45) is 14.7. The molecular weight excluding hydrogens is 933 g/mol. The minimum Gasteiger partial charge on any atom is -0.395 e. The number of nitrogens with zero attached hydrogens (tertiary/aromatic N) is 2. The predicted molar refractivity (Wildman–Crippen MR) is 269 cm³/mol. The van der Waals surface area contributed by atoms with E-state index in [0.717, 1.165) is 103 Å². The van der Waals surface area contributed by atoms with Gasteiger partial charge in [0.1, 0.15) is 33.6 Å². The van der Waals surface area contributed by atoms with Crippen LogP contribution in [0.2, 0.25) is 0 Å². The van der Waals surface area contributed by atoms with Gasteiger partial charge in [0, 0.05) is 94.0 Å². The van der Waals surface area contributed by atoms with Crippen LogP contribution in [-0.2, 0) is 57.7 Å². The zero-order valence-corrected chi connectivity index (χ0v) is 46.3. The average molecular weight is 1030 g/mol. The lowest BCUT2D eigenvalue weighted by Gasteiger charge is -2.61. The predicted octanol–water partition coefficient (Wildman–Crippen LogP) is 8.63. The van der Waals surface area contributed by atoms with Gasteiger partial charge in [-0.2, -0.15) is 0 Å². The van der Waals surface area contributed by atoms with Crippen LogP contribution in [0.3, 0.4) is 0 Å². The first kappa shape index (κ1) is 53.1. The second-order valence-electron chi connectivity index (χ2n) is 27.5. The average Bonchev–Trinajstić information content (AvgIpc) is 3.85. The minimum absolute atomic E-state index is 0.0436. The maximum Gasteiger partial charge on any atom is 0.161 e. The number of aliphatic hydroxyl groups is 1. The highest BCUT2D eigenvalue weighted by molar-refractivity contribution is 5.16. The highest BCUT2D eigenvalue weighted by Gasteiger charge is 2.71. The lowest BCUT2D eigenvalue weighted by atomic mass is 9.56. The first-order chi connectivity index (χ1) is 35.0. The molecule has 1 N–H and O–H groups in total.